The van der Waals surface area contributed by atoms with E-state index >= 15 is 0 Å². The predicted octanol–water partition coefficient (Wildman–Crippen LogP) is 2.86. The van der Waals surface area contributed by atoms with Gasteiger partial charge in [0, 0.05) is 31.6 Å². The number of nitrogens with zero attached hydrogens (tertiary/aromatic N) is 1. The summed E-state index contributed by atoms with van der Waals surface area (Å²) in [4.78, 5) is 24.6. The van der Waals surface area contributed by atoms with Crippen molar-refractivity contribution < 1.29 is 19.4 Å². The Balaban J connectivity index is 2.47. The monoisotopic (exact) mass is 328 g/mol. The van der Waals surface area contributed by atoms with Gasteiger partial charge in [-0.3, -0.25) is 4.79 Å². The van der Waals surface area contributed by atoms with Gasteiger partial charge in [-0.05, 0) is 59.8 Å². The van der Waals surface area contributed by atoms with Crippen LogP contribution in [0.25, 0.3) is 0 Å². The van der Waals surface area contributed by atoms with E-state index in [1.54, 1.807) is 4.90 Å². The first-order valence-electron chi connectivity index (χ1n) is 8.54. The van der Waals surface area contributed by atoms with E-state index in [1.165, 1.54) is 0 Å². The van der Waals surface area contributed by atoms with Crippen LogP contribution in [0.1, 0.15) is 60.3 Å². The molecule has 1 aliphatic heterocycles. The van der Waals surface area contributed by atoms with Crippen molar-refractivity contribution in [3.8, 4) is 0 Å². The van der Waals surface area contributed by atoms with Crippen molar-refractivity contribution in [3.05, 3.63) is 0 Å². The number of hydrogen-bond donors (Lipinski definition) is 2. The summed E-state index contributed by atoms with van der Waals surface area (Å²) in [6, 6.07) is 0.391. The van der Waals surface area contributed by atoms with Gasteiger partial charge in [0.15, 0.2) is 0 Å². The number of hydrogen-bond acceptors (Lipinski definition) is 4. The number of carboxylic acid groups (broad SMARTS) is 1. The summed E-state index contributed by atoms with van der Waals surface area (Å²) in [5, 5.41) is 12.2. The largest absolute Gasteiger partial charge is 0.481 e. The Morgan fingerprint density at radius 1 is 1.35 bits per heavy atom. The summed E-state index contributed by atoms with van der Waals surface area (Å²) >= 11 is 0. The fourth-order valence-electron chi connectivity index (χ4n) is 2.92. The summed E-state index contributed by atoms with van der Waals surface area (Å²) in [7, 11) is 0. The molecule has 134 valence electrons. The Bertz CT molecular complexity index is 406. The highest BCUT2D eigenvalue weighted by molar-refractivity contribution is 5.68. The number of aliphatic carboxylic acids is 1. The van der Waals surface area contributed by atoms with E-state index in [0.29, 0.717) is 18.9 Å². The molecule has 0 aromatic heterocycles. The third-order valence-electron chi connectivity index (χ3n) is 4.16. The van der Waals surface area contributed by atoms with Crippen molar-refractivity contribution in [2.75, 3.05) is 13.1 Å². The summed E-state index contributed by atoms with van der Waals surface area (Å²) in [5.41, 5.74) is -0.473. The fraction of sp³-hybridized carbons (Fsp3) is 0.882. The fourth-order valence-corrected chi connectivity index (χ4v) is 2.92. The van der Waals surface area contributed by atoms with Crippen LogP contribution in [0.5, 0.6) is 0 Å². The van der Waals surface area contributed by atoms with Gasteiger partial charge in [-0.25, -0.2) is 4.79 Å². The highest BCUT2D eigenvalue weighted by atomic mass is 16.6. The average molecular weight is 328 g/mol. The molecule has 1 heterocycles. The lowest BCUT2D eigenvalue weighted by molar-refractivity contribution is -0.137. The number of carbonyl (C=O) groups is 2. The van der Waals surface area contributed by atoms with Gasteiger partial charge in [0.25, 0.3) is 0 Å². The second-order valence-corrected chi connectivity index (χ2v) is 7.62. The standard InChI is InChI=1S/C17H32N2O4/c1-12(8-9-15(20)21)18-13(2)14-7-6-10-19(11-14)16(22)23-17(3,4)5/h12-14,18H,6-11H2,1-5H3,(H,20,21). The molecule has 2 N–H and O–H groups in total. The highest BCUT2D eigenvalue weighted by Gasteiger charge is 2.30. The number of ether oxygens (including phenoxy) is 1. The van der Waals surface area contributed by atoms with E-state index < -0.39 is 11.6 Å². The molecule has 1 rings (SSSR count). The Morgan fingerprint density at radius 3 is 2.57 bits per heavy atom. The number of amides is 1. The zero-order valence-corrected chi connectivity index (χ0v) is 15.1. The SMILES string of the molecule is CC(CCC(=O)O)NC(C)C1CCCN(C(=O)OC(C)(C)C)C1. The molecule has 6 nitrogen and oxygen atoms in total. The van der Waals surface area contributed by atoms with Gasteiger partial charge in [0.05, 0.1) is 0 Å². The van der Waals surface area contributed by atoms with Crippen LogP contribution in [-0.4, -0.2) is 52.8 Å². The minimum atomic E-state index is -0.764. The second-order valence-electron chi connectivity index (χ2n) is 7.62. The van der Waals surface area contributed by atoms with Gasteiger partial charge in [-0.15, -0.1) is 0 Å². The topological polar surface area (TPSA) is 78.9 Å². The molecule has 23 heavy (non-hydrogen) atoms. The normalized spacial score (nSPS) is 21.6. The highest BCUT2D eigenvalue weighted by Crippen LogP contribution is 2.22. The third kappa shape index (κ3) is 7.68. The van der Waals surface area contributed by atoms with Crippen LogP contribution in [0.3, 0.4) is 0 Å². The molecule has 1 fully saturated rings. The Labute approximate surface area is 139 Å². The number of rotatable bonds is 6. The first-order chi connectivity index (χ1) is 10.6. The van der Waals surface area contributed by atoms with Crippen molar-refractivity contribution >= 4 is 12.1 Å². The van der Waals surface area contributed by atoms with Gasteiger partial charge >= 0.3 is 12.1 Å². The molecule has 0 spiro atoms. The first-order valence-corrected chi connectivity index (χ1v) is 8.54. The molecule has 0 aliphatic carbocycles. The van der Waals surface area contributed by atoms with E-state index in [0.717, 1.165) is 19.4 Å². The van der Waals surface area contributed by atoms with Crippen molar-refractivity contribution in [2.24, 2.45) is 5.92 Å². The van der Waals surface area contributed by atoms with Gasteiger partial charge in [-0.2, -0.15) is 0 Å². The first kappa shape index (κ1) is 19.7. The molecule has 0 radical (unpaired) electrons. The molecule has 6 heteroatoms. The zero-order valence-electron chi connectivity index (χ0n) is 15.1. The lowest BCUT2D eigenvalue weighted by Crippen LogP contribution is -2.49. The number of piperidine rings is 1. The van der Waals surface area contributed by atoms with Crippen molar-refractivity contribution in [2.45, 2.75) is 78.0 Å². The van der Waals surface area contributed by atoms with Crippen LogP contribution in [-0.2, 0) is 9.53 Å². The van der Waals surface area contributed by atoms with Crippen molar-refractivity contribution in [1.29, 1.82) is 0 Å². The number of carbonyl (C=O) groups excluding carboxylic acids is 1. The minimum absolute atomic E-state index is 0.151. The summed E-state index contributed by atoms with van der Waals surface area (Å²) in [6.07, 6.45) is 2.59. The maximum atomic E-state index is 12.2. The summed E-state index contributed by atoms with van der Waals surface area (Å²) < 4.78 is 5.45. The quantitative estimate of drug-likeness (QED) is 0.784. The third-order valence-corrected chi connectivity index (χ3v) is 4.16. The number of likely N-dealkylation sites (tertiary alicyclic amines) is 1. The molecular weight excluding hydrogens is 296 g/mol. The summed E-state index contributed by atoms with van der Waals surface area (Å²) in [6.45, 7) is 11.2. The van der Waals surface area contributed by atoms with Crippen LogP contribution < -0.4 is 5.32 Å². The average Bonchev–Trinajstić information content (AvgIpc) is 2.43. The molecule has 0 aromatic carbocycles. The maximum Gasteiger partial charge on any atom is 0.410 e. The van der Waals surface area contributed by atoms with Crippen molar-refractivity contribution in [1.82, 2.24) is 10.2 Å². The molecule has 0 saturated carbocycles. The van der Waals surface area contributed by atoms with Crippen LogP contribution in [0.4, 0.5) is 4.79 Å². The van der Waals surface area contributed by atoms with Gasteiger partial charge in [0.2, 0.25) is 0 Å². The van der Waals surface area contributed by atoms with E-state index in [-0.39, 0.29) is 24.6 Å². The van der Waals surface area contributed by atoms with Gasteiger partial charge < -0.3 is 20.1 Å². The smallest absolute Gasteiger partial charge is 0.410 e. The molecule has 1 aliphatic rings. The van der Waals surface area contributed by atoms with E-state index in [9.17, 15) is 9.59 Å². The summed E-state index contributed by atoms with van der Waals surface area (Å²) in [5.74, 6) is -0.399. The molecular formula is C17H32N2O4. The Kier molecular flexibility index (Phi) is 7.32. The van der Waals surface area contributed by atoms with Gasteiger partial charge in [-0.1, -0.05) is 0 Å². The molecule has 0 bridgehead atoms. The van der Waals surface area contributed by atoms with Gasteiger partial charge in [0.1, 0.15) is 5.60 Å². The lowest BCUT2D eigenvalue weighted by Gasteiger charge is -2.37. The van der Waals surface area contributed by atoms with Crippen LogP contribution in [0, 0.1) is 5.92 Å². The molecule has 0 aromatic rings. The molecule has 3 unspecified atom stereocenters. The zero-order chi connectivity index (χ0) is 17.6. The van der Waals surface area contributed by atoms with E-state index in [1.807, 2.05) is 27.7 Å². The number of carboxylic acids is 1. The maximum absolute atomic E-state index is 12.2. The second kappa shape index (κ2) is 8.52. The molecule has 1 saturated heterocycles. The van der Waals surface area contributed by atoms with Crippen LogP contribution >= 0.6 is 0 Å². The van der Waals surface area contributed by atoms with Crippen molar-refractivity contribution in [3.63, 3.8) is 0 Å². The molecule has 1 amide bonds. The van der Waals surface area contributed by atoms with Crippen LogP contribution in [0.15, 0.2) is 0 Å². The predicted molar refractivity (Wildman–Crippen MR) is 89.5 cm³/mol. The lowest BCUT2D eigenvalue weighted by atomic mass is 9.91. The van der Waals surface area contributed by atoms with Crippen LogP contribution in [0.2, 0.25) is 0 Å². The Morgan fingerprint density at radius 2 is 2.00 bits per heavy atom. The minimum Gasteiger partial charge on any atom is -0.481 e. The van der Waals surface area contributed by atoms with E-state index in [2.05, 4.69) is 12.2 Å². The van der Waals surface area contributed by atoms with E-state index in [4.69, 9.17) is 9.84 Å². The number of nitrogens with one attached hydrogen (secondary N) is 1. The Hall–Kier alpha value is -1.30. The molecule has 3 atom stereocenters.